The molecule has 0 saturated carbocycles. The van der Waals surface area contributed by atoms with Gasteiger partial charge in [0.05, 0.1) is 6.04 Å². The molecule has 5 nitrogen and oxygen atoms in total. The predicted octanol–water partition coefficient (Wildman–Crippen LogP) is 1.71. The zero-order chi connectivity index (χ0) is 14.7. The summed E-state index contributed by atoms with van der Waals surface area (Å²) in [5.41, 5.74) is 1.03. The molecule has 1 aromatic carbocycles. The topological polar surface area (TPSA) is 52.7 Å². The summed E-state index contributed by atoms with van der Waals surface area (Å²) < 4.78 is 0. The molecule has 0 aliphatic carbocycles. The standard InChI is InChI=1S/C14H18ClN3O2/c1-10(13(19)18-7-6-16-14(18)20)17(2)9-11-4-3-5-12(15)8-11/h3-5,8,10H,6-7,9H2,1-2H3,(H,16,20). The molecular weight excluding hydrogens is 278 g/mol. The van der Waals surface area contributed by atoms with Crippen LogP contribution in [0, 0.1) is 0 Å². The van der Waals surface area contributed by atoms with Gasteiger partial charge in [-0.3, -0.25) is 14.6 Å². The van der Waals surface area contributed by atoms with Gasteiger partial charge in [-0.1, -0.05) is 23.7 Å². The van der Waals surface area contributed by atoms with E-state index in [4.69, 9.17) is 11.6 Å². The number of hydrogen-bond acceptors (Lipinski definition) is 3. The normalized spacial score (nSPS) is 16.4. The van der Waals surface area contributed by atoms with Crippen LogP contribution in [-0.4, -0.2) is 47.9 Å². The fraction of sp³-hybridized carbons (Fsp3) is 0.429. The van der Waals surface area contributed by atoms with Crippen molar-refractivity contribution in [2.75, 3.05) is 20.1 Å². The van der Waals surface area contributed by atoms with Crippen molar-refractivity contribution in [1.29, 1.82) is 0 Å². The second kappa shape index (κ2) is 6.24. The van der Waals surface area contributed by atoms with Crippen molar-refractivity contribution in [2.45, 2.75) is 19.5 Å². The van der Waals surface area contributed by atoms with Crippen LogP contribution in [0.1, 0.15) is 12.5 Å². The number of benzene rings is 1. The number of carbonyl (C=O) groups excluding carboxylic acids is 2. The van der Waals surface area contributed by atoms with Crippen molar-refractivity contribution in [3.63, 3.8) is 0 Å². The summed E-state index contributed by atoms with van der Waals surface area (Å²) in [6.07, 6.45) is 0. The molecule has 0 bridgehead atoms. The number of carbonyl (C=O) groups is 2. The molecule has 0 radical (unpaired) electrons. The Morgan fingerprint density at radius 1 is 1.55 bits per heavy atom. The van der Waals surface area contributed by atoms with E-state index >= 15 is 0 Å². The Kier molecular flexibility index (Phi) is 4.62. The van der Waals surface area contributed by atoms with Gasteiger partial charge >= 0.3 is 6.03 Å². The molecule has 1 saturated heterocycles. The number of hydrogen-bond donors (Lipinski definition) is 1. The first-order valence-corrected chi connectivity index (χ1v) is 6.90. The molecule has 1 N–H and O–H groups in total. The molecule has 108 valence electrons. The average molecular weight is 296 g/mol. The third-order valence-electron chi connectivity index (χ3n) is 3.46. The van der Waals surface area contributed by atoms with Crippen LogP contribution in [0.2, 0.25) is 5.02 Å². The summed E-state index contributed by atoms with van der Waals surface area (Å²) in [6.45, 7) is 3.36. The predicted molar refractivity (Wildman–Crippen MR) is 77.5 cm³/mol. The van der Waals surface area contributed by atoms with Crippen LogP contribution in [0.5, 0.6) is 0 Å². The first-order chi connectivity index (χ1) is 9.49. The van der Waals surface area contributed by atoms with Gasteiger partial charge in [0.1, 0.15) is 0 Å². The van der Waals surface area contributed by atoms with E-state index in [1.807, 2.05) is 36.2 Å². The summed E-state index contributed by atoms with van der Waals surface area (Å²) in [7, 11) is 1.86. The Morgan fingerprint density at radius 2 is 2.30 bits per heavy atom. The summed E-state index contributed by atoms with van der Waals surface area (Å²) in [6, 6.07) is 6.86. The fourth-order valence-electron chi connectivity index (χ4n) is 2.16. The Labute approximate surface area is 123 Å². The SMILES string of the molecule is CC(C(=O)N1CCNC1=O)N(C)Cc1cccc(Cl)c1. The van der Waals surface area contributed by atoms with Crippen molar-refractivity contribution >= 4 is 23.5 Å². The molecule has 1 aromatic rings. The molecule has 1 atom stereocenters. The quantitative estimate of drug-likeness (QED) is 0.920. The van der Waals surface area contributed by atoms with E-state index in [1.54, 1.807) is 6.92 Å². The number of amides is 3. The van der Waals surface area contributed by atoms with Gasteiger partial charge in [-0.2, -0.15) is 0 Å². The summed E-state index contributed by atoms with van der Waals surface area (Å²) in [5, 5.41) is 3.31. The summed E-state index contributed by atoms with van der Waals surface area (Å²) in [5.74, 6) is -0.176. The third-order valence-corrected chi connectivity index (χ3v) is 3.70. The monoisotopic (exact) mass is 295 g/mol. The summed E-state index contributed by atoms with van der Waals surface area (Å²) >= 11 is 5.95. The maximum Gasteiger partial charge on any atom is 0.324 e. The highest BCUT2D eigenvalue weighted by atomic mass is 35.5. The number of imide groups is 1. The lowest BCUT2D eigenvalue weighted by atomic mass is 10.2. The van der Waals surface area contributed by atoms with Crippen molar-refractivity contribution in [3.05, 3.63) is 34.9 Å². The van der Waals surface area contributed by atoms with Gasteiger partial charge in [0.15, 0.2) is 0 Å². The van der Waals surface area contributed by atoms with E-state index in [0.717, 1.165) is 5.56 Å². The van der Waals surface area contributed by atoms with E-state index in [9.17, 15) is 9.59 Å². The van der Waals surface area contributed by atoms with E-state index in [0.29, 0.717) is 24.7 Å². The lowest BCUT2D eigenvalue weighted by molar-refractivity contribution is -0.132. The first-order valence-electron chi connectivity index (χ1n) is 6.53. The Bertz CT molecular complexity index is 521. The van der Waals surface area contributed by atoms with Crippen LogP contribution < -0.4 is 5.32 Å². The molecule has 6 heteroatoms. The molecule has 0 spiro atoms. The number of urea groups is 1. The van der Waals surface area contributed by atoms with Gasteiger partial charge < -0.3 is 5.32 Å². The van der Waals surface area contributed by atoms with E-state index in [1.165, 1.54) is 4.90 Å². The lowest BCUT2D eigenvalue weighted by Gasteiger charge is -2.26. The number of nitrogens with zero attached hydrogens (tertiary/aromatic N) is 2. The van der Waals surface area contributed by atoms with Crippen LogP contribution in [0.25, 0.3) is 0 Å². The minimum atomic E-state index is -0.363. The van der Waals surface area contributed by atoms with Crippen LogP contribution in [-0.2, 0) is 11.3 Å². The largest absolute Gasteiger partial charge is 0.336 e. The lowest BCUT2D eigenvalue weighted by Crippen LogP contribution is -2.46. The molecule has 1 aliphatic heterocycles. The maximum absolute atomic E-state index is 12.3. The molecule has 20 heavy (non-hydrogen) atoms. The molecular formula is C14H18ClN3O2. The zero-order valence-corrected chi connectivity index (χ0v) is 12.4. The van der Waals surface area contributed by atoms with Crippen molar-refractivity contribution < 1.29 is 9.59 Å². The smallest absolute Gasteiger partial charge is 0.324 e. The Hall–Kier alpha value is -1.59. The van der Waals surface area contributed by atoms with Crippen LogP contribution in [0.4, 0.5) is 4.79 Å². The van der Waals surface area contributed by atoms with Gasteiger partial charge in [0, 0.05) is 24.7 Å². The second-order valence-electron chi connectivity index (χ2n) is 4.94. The van der Waals surface area contributed by atoms with E-state index < -0.39 is 0 Å². The molecule has 0 aromatic heterocycles. The molecule has 1 aliphatic rings. The number of halogens is 1. The minimum Gasteiger partial charge on any atom is -0.336 e. The van der Waals surface area contributed by atoms with Crippen LogP contribution in [0.3, 0.4) is 0 Å². The highest BCUT2D eigenvalue weighted by Crippen LogP contribution is 2.14. The van der Waals surface area contributed by atoms with Crippen LogP contribution in [0.15, 0.2) is 24.3 Å². The van der Waals surface area contributed by atoms with E-state index in [-0.39, 0.29) is 18.0 Å². The Balaban J connectivity index is 1.99. The molecule has 1 unspecified atom stereocenters. The first kappa shape index (κ1) is 14.8. The summed E-state index contributed by atoms with van der Waals surface area (Å²) in [4.78, 5) is 26.9. The second-order valence-corrected chi connectivity index (χ2v) is 5.38. The van der Waals surface area contributed by atoms with E-state index in [2.05, 4.69) is 5.32 Å². The third kappa shape index (κ3) is 3.29. The highest BCUT2D eigenvalue weighted by Gasteiger charge is 2.31. The fourth-order valence-corrected chi connectivity index (χ4v) is 2.37. The minimum absolute atomic E-state index is 0.176. The number of rotatable bonds is 4. The van der Waals surface area contributed by atoms with Crippen molar-refractivity contribution in [1.82, 2.24) is 15.1 Å². The van der Waals surface area contributed by atoms with Gasteiger partial charge in [0.25, 0.3) is 0 Å². The van der Waals surface area contributed by atoms with Crippen molar-refractivity contribution in [2.24, 2.45) is 0 Å². The molecule has 3 amide bonds. The van der Waals surface area contributed by atoms with Crippen molar-refractivity contribution in [3.8, 4) is 0 Å². The number of likely N-dealkylation sites (N-methyl/N-ethyl adjacent to an activating group) is 1. The van der Waals surface area contributed by atoms with Gasteiger partial charge in [-0.05, 0) is 31.7 Å². The zero-order valence-electron chi connectivity index (χ0n) is 11.6. The van der Waals surface area contributed by atoms with Gasteiger partial charge in [-0.25, -0.2) is 4.79 Å². The Morgan fingerprint density at radius 3 is 2.90 bits per heavy atom. The maximum atomic E-state index is 12.3. The molecule has 1 heterocycles. The molecule has 1 fully saturated rings. The number of nitrogens with one attached hydrogen (secondary N) is 1. The van der Waals surface area contributed by atoms with Gasteiger partial charge in [0.2, 0.25) is 5.91 Å². The molecule has 2 rings (SSSR count). The highest BCUT2D eigenvalue weighted by molar-refractivity contribution is 6.30. The average Bonchev–Trinajstić information content (AvgIpc) is 2.83. The van der Waals surface area contributed by atoms with Gasteiger partial charge in [-0.15, -0.1) is 0 Å². The van der Waals surface area contributed by atoms with Crippen LogP contribution >= 0.6 is 11.6 Å².